The van der Waals surface area contributed by atoms with Gasteiger partial charge in [0.15, 0.2) is 0 Å². The van der Waals surface area contributed by atoms with Crippen molar-refractivity contribution in [2.75, 3.05) is 6.54 Å². The summed E-state index contributed by atoms with van der Waals surface area (Å²) in [6.45, 7) is 4.68. The quantitative estimate of drug-likeness (QED) is 0.488. The number of nitrogens with zero attached hydrogens (tertiary/aromatic N) is 5. The number of carbonyl (C=O) groups excluding carboxylic acids is 1. The summed E-state index contributed by atoms with van der Waals surface area (Å²) in [5.74, 6) is 0.779. The minimum Gasteiger partial charge on any atom is -0.488 e. The van der Waals surface area contributed by atoms with Gasteiger partial charge >= 0.3 is 0 Å². The van der Waals surface area contributed by atoms with Crippen LogP contribution in [0, 0.1) is 6.92 Å². The summed E-state index contributed by atoms with van der Waals surface area (Å²) in [6.07, 6.45) is 6.67. The first-order valence-corrected chi connectivity index (χ1v) is 10.9. The monoisotopic (exact) mass is 427 g/mol. The van der Waals surface area contributed by atoms with Crippen LogP contribution in [0.4, 0.5) is 0 Å². The summed E-state index contributed by atoms with van der Waals surface area (Å²) in [7, 11) is 0. The number of fused-ring (bicyclic) bond motifs is 1. The van der Waals surface area contributed by atoms with Gasteiger partial charge in [-0.2, -0.15) is 15.0 Å². The second-order valence-electron chi connectivity index (χ2n) is 8.29. The zero-order valence-corrected chi connectivity index (χ0v) is 18.2. The first-order chi connectivity index (χ1) is 15.6. The number of amides is 1. The molecule has 5 rings (SSSR count). The van der Waals surface area contributed by atoms with Crippen LogP contribution < -0.4 is 4.74 Å². The molecule has 2 aromatic carbocycles. The molecule has 162 valence electrons. The maximum absolute atomic E-state index is 13.6. The lowest BCUT2D eigenvalue weighted by Gasteiger charge is -2.38. The van der Waals surface area contributed by atoms with Crippen LogP contribution >= 0.6 is 0 Å². The Hall–Kier alpha value is -3.74. The van der Waals surface area contributed by atoms with E-state index in [4.69, 9.17) is 4.74 Å². The number of carbonyl (C=O) groups is 1. The van der Waals surface area contributed by atoms with Gasteiger partial charge in [0.1, 0.15) is 11.9 Å². The van der Waals surface area contributed by atoms with E-state index in [1.54, 1.807) is 18.6 Å². The van der Waals surface area contributed by atoms with Crippen molar-refractivity contribution >= 4 is 16.8 Å². The molecular formula is C25H25N5O2. The van der Waals surface area contributed by atoms with Gasteiger partial charge in [-0.25, -0.2) is 0 Å². The minimum absolute atomic E-state index is 0.0332. The highest BCUT2D eigenvalue weighted by atomic mass is 16.5. The largest absolute Gasteiger partial charge is 0.488 e. The Morgan fingerprint density at radius 3 is 2.69 bits per heavy atom. The van der Waals surface area contributed by atoms with E-state index in [1.807, 2.05) is 47.4 Å². The third-order valence-electron chi connectivity index (χ3n) is 6.02. The summed E-state index contributed by atoms with van der Waals surface area (Å²) in [5, 5.41) is 9.41. The fourth-order valence-corrected chi connectivity index (χ4v) is 4.29. The fraction of sp³-hybridized carbons (Fsp3) is 0.280. The molecule has 1 amide bonds. The number of aromatic nitrogens is 4. The van der Waals surface area contributed by atoms with Crippen molar-refractivity contribution in [2.45, 2.75) is 38.8 Å². The Labute approximate surface area is 186 Å². The summed E-state index contributed by atoms with van der Waals surface area (Å²) in [6, 6.07) is 15.6. The molecule has 1 saturated heterocycles. The second-order valence-corrected chi connectivity index (χ2v) is 8.29. The standard InChI is InChI=1S/C25H25N5O2/c1-17-7-10-22-21(15-17)24(11-12-26-22)32-19-9-8-18(2)29(16-19)25(31)20-5-3-4-6-23(20)30-27-13-14-28-30/h3-7,10-15,18-19H,8-9,16H2,1-2H3/t18-,19+/m1/s1. The molecule has 1 aliphatic rings. The zero-order valence-electron chi connectivity index (χ0n) is 18.2. The first-order valence-electron chi connectivity index (χ1n) is 10.9. The Kier molecular flexibility index (Phi) is 5.31. The molecule has 0 radical (unpaired) electrons. The van der Waals surface area contributed by atoms with E-state index in [0.29, 0.717) is 17.8 Å². The number of ether oxygens (including phenoxy) is 1. The summed E-state index contributed by atoms with van der Waals surface area (Å²) < 4.78 is 6.43. The lowest BCUT2D eigenvalue weighted by molar-refractivity contribution is 0.0388. The van der Waals surface area contributed by atoms with Gasteiger partial charge in [-0.1, -0.05) is 23.8 Å². The second kappa shape index (κ2) is 8.42. The van der Waals surface area contributed by atoms with Gasteiger partial charge < -0.3 is 9.64 Å². The molecule has 1 aliphatic heterocycles. The molecule has 0 bridgehead atoms. The van der Waals surface area contributed by atoms with Crippen molar-refractivity contribution in [1.82, 2.24) is 24.9 Å². The Morgan fingerprint density at radius 2 is 1.84 bits per heavy atom. The average Bonchev–Trinajstić information content (AvgIpc) is 3.35. The van der Waals surface area contributed by atoms with Crippen molar-refractivity contribution in [3.05, 3.63) is 78.2 Å². The maximum atomic E-state index is 13.6. The molecule has 4 aromatic rings. The molecule has 7 nitrogen and oxygen atoms in total. The van der Waals surface area contributed by atoms with Crippen LogP contribution in [0.3, 0.4) is 0 Å². The maximum Gasteiger partial charge on any atom is 0.256 e. The van der Waals surface area contributed by atoms with Crippen LogP contribution in [0.25, 0.3) is 16.6 Å². The average molecular weight is 428 g/mol. The van der Waals surface area contributed by atoms with Crippen molar-refractivity contribution in [3.8, 4) is 11.4 Å². The predicted octanol–water partition coefficient (Wildman–Crippen LogP) is 4.20. The fourth-order valence-electron chi connectivity index (χ4n) is 4.29. The number of hydrogen-bond donors (Lipinski definition) is 0. The summed E-state index contributed by atoms with van der Waals surface area (Å²) in [4.78, 5) is 21.4. The van der Waals surface area contributed by atoms with E-state index in [-0.39, 0.29) is 18.1 Å². The Bertz CT molecular complexity index is 1250. The first kappa shape index (κ1) is 20.2. The molecule has 3 heterocycles. The molecular weight excluding hydrogens is 402 g/mol. The number of aryl methyl sites for hydroxylation is 1. The number of likely N-dealkylation sites (tertiary alicyclic amines) is 1. The van der Waals surface area contributed by atoms with Crippen molar-refractivity contribution in [3.63, 3.8) is 0 Å². The van der Waals surface area contributed by atoms with Crippen LogP contribution in [0.15, 0.2) is 67.1 Å². The number of hydrogen-bond acceptors (Lipinski definition) is 5. The molecule has 0 spiro atoms. The summed E-state index contributed by atoms with van der Waals surface area (Å²) in [5.41, 5.74) is 3.33. The van der Waals surface area contributed by atoms with Crippen LogP contribution in [-0.4, -0.2) is 49.5 Å². The van der Waals surface area contributed by atoms with E-state index in [9.17, 15) is 4.79 Å². The topological polar surface area (TPSA) is 73.1 Å². The van der Waals surface area contributed by atoms with Gasteiger partial charge in [0.2, 0.25) is 0 Å². The van der Waals surface area contributed by atoms with Crippen LogP contribution in [0.5, 0.6) is 5.75 Å². The summed E-state index contributed by atoms with van der Waals surface area (Å²) >= 11 is 0. The number of piperidine rings is 1. The van der Waals surface area contributed by atoms with E-state index in [2.05, 4.69) is 35.1 Å². The van der Waals surface area contributed by atoms with Gasteiger partial charge in [-0.3, -0.25) is 9.78 Å². The molecule has 0 N–H and O–H groups in total. The lowest BCUT2D eigenvalue weighted by atomic mass is 9.99. The minimum atomic E-state index is -0.0868. The highest BCUT2D eigenvalue weighted by Gasteiger charge is 2.32. The Morgan fingerprint density at radius 1 is 1.03 bits per heavy atom. The Balaban J connectivity index is 1.40. The molecule has 0 aliphatic carbocycles. The van der Waals surface area contributed by atoms with Gasteiger partial charge in [-0.05, 0) is 57.0 Å². The molecule has 0 saturated carbocycles. The van der Waals surface area contributed by atoms with E-state index < -0.39 is 0 Å². The molecule has 0 unspecified atom stereocenters. The van der Waals surface area contributed by atoms with Crippen LogP contribution in [0.2, 0.25) is 0 Å². The third kappa shape index (κ3) is 3.82. The molecule has 32 heavy (non-hydrogen) atoms. The number of pyridine rings is 1. The SMILES string of the molecule is Cc1ccc2nccc(O[C@H]3CC[C@@H](C)N(C(=O)c4ccccc4-n4nccn4)C3)c2c1. The molecule has 1 fully saturated rings. The highest BCUT2D eigenvalue weighted by Crippen LogP contribution is 2.29. The number of rotatable bonds is 4. The molecule has 7 heteroatoms. The van der Waals surface area contributed by atoms with Gasteiger partial charge in [0.25, 0.3) is 5.91 Å². The lowest BCUT2D eigenvalue weighted by Crippen LogP contribution is -2.49. The normalized spacial score (nSPS) is 18.6. The van der Waals surface area contributed by atoms with Crippen molar-refractivity contribution in [2.24, 2.45) is 0 Å². The van der Waals surface area contributed by atoms with Gasteiger partial charge in [0.05, 0.1) is 35.7 Å². The van der Waals surface area contributed by atoms with Crippen LogP contribution in [0.1, 0.15) is 35.7 Å². The molecule has 2 aromatic heterocycles. The van der Waals surface area contributed by atoms with E-state index in [1.165, 1.54) is 4.80 Å². The van der Waals surface area contributed by atoms with Gasteiger partial charge in [-0.15, -0.1) is 0 Å². The van der Waals surface area contributed by atoms with Gasteiger partial charge in [0, 0.05) is 17.6 Å². The molecule has 2 atom stereocenters. The zero-order chi connectivity index (χ0) is 22.1. The van der Waals surface area contributed by atoms with E-state index in [0.717, 1.165) is 35.1 Å². The van der Waals surface area contributed by atoms with E-state index >= 15 is 0 Å². The van der Waals surface area contributed by atoms with Crippen molar-refractivity contribution < 1.29 is 9.53 Å². The number of para-hydroxylation sites is 1. The number of benzene rings is 2. The smallest absolute Gasteiger partial charge is 0.256 e. The van der Waals surface area contributed by atoms with Crippen molar-refractivity contribution in [1.29, 1.82) is 0 Å². The van der Waals surface area contributed by atoms with Crippen LogP contribution in [-0.2, 0) is 0 Å². The predicted molar refractivity (Wildman–Crippen MR) is 122 cm³/mol. The third-order valence-corrected chi connectivity index (χ3v) is 6.02. The highest BCUT2D eigenvalue weighted by molar-refractivity contribution is 5.98.